The predicted molar refractivity (Wildman–Crippen MR) is 44.8 cm³/mol. The second-order valence-electron chi connectivity index (χ2n) is 4.45. The fraction of sp³-hybridized carbons (Fsp3) is 0.600. The molecule has 5 atom stereocenters. The molecule has 0 aromatic carbocycles. The first-order valence-electron chi connectivity index (χ1n) is 4.69. The van der Waals surface area contributed by atoms with Crippen molar-refractivity contribution in [2.24, 2.45) is 23.2 Å². The highest BCUT2D eigenvalue weighted by molar-refractivity contribution is 6.00. The summed E-state index contributed by atoms with van der Waals surface area (Å²) < 4.78 is 4.63. The molecule has 1 heterocycles. The minimum absolute atomic E-state index is 0.232. The summed E-state index contributed by atoms with van der Waals surface area (Å²) in [6, 6.07) is 0. The minimum atomic E-state index is -0.823. The van der Waals surface area contributed by atoms with Crippen LogP contribution in [0.2, 0.25) is 0 Å². The molecule has 0 aromatic rings. The smallest absolute Gasteiger partial charge is 0.321 e. The third-order valence-electron chi connectivity index (χ3n) is 3.91. The van der Waals surface area contributed by atoms with Crippen molar-refractivity contribution in [2.75, 3.05) is 0 Å². The lowest BCUT2D eigenvalue weighted by Crippen LogP contribution is -2.35. The van der Waals surface area contributed by atoms with Crippen LogP contribution in [0.1, 0.15) is 6.92 Å². The van der Waals surface area contributed by atoms with Crippen molar-refractivity contribution in [3.05, 3.63) is 12.2 Å². The Labute approximate surface area is 80.5 Å². The van der Waals surface area contributed by atoms with Gasteiger partial charge < -0.3 is 9.84 Å². The third-order valence-corrected chi connectivity index (χ3v) is 3.91. The van der Waals surface area contributed by atoms with E-state index in [4.69, 9.17) is 0 Å². The summed E-state index contributed by atoms with van der Waals surface area (Å²) in [6.45, 7) is 1.71. The maximum atomic E-state index is 11.5. The van der Waals surface area contributed by atoms with Gasteiger partial charge in [0.2, 0.25) is 0 Å². The number of rotatable bonds is 0. The van der Waals surface area contributed by atoms with Crippen molar-refractivity contribution in [3.8, 4) is 0 Å². The van der Waals surface area contributed by atoms with E-state index >= 15 is 0 Å². The molecule has 2 fully saturated rings. The zero-order valence-electron chi connectivity index (χ0n) is 7.64. The zero-order valence-corrected chi connectivity index (χ0v) is 7.64. The van der Waals surface area contributed by atoms with Crippen molar-refractivity contribution in [1.82, 2.24) is 0 Å². The Balaban J connectivity index is 2.18. The molecule has 4 nitrogen and oxygen atoms in total. The van der Waals surface area contributed by atoms with E-state index in [1.165, 1.54) is 0 Å². The molecule has 0 amide bonds. The molecule has 1 saturated heterocycles. The van der Waals surface area contributed by atoms with E-state index < -0.39 is 29.4 Å². The Bertz CT molecular complexity index is 372. The third kappa shape index (κ3) is 0.600. The highest BCUT2D eigenvalue weighted by atomic mass is 16.6. The lowest BCUT2D eigenvalue weighted by molar-refractivity contribution is -0.157. The summed E-state index contributed by atoms with van der Waals surface area (Å²) >= 11 is 0. The van der Waals surface area contributed by atoms with E-state index in [1.54, 1.807) is 6.92 Å². The quantitative estimate of drug-likeness (QED) is 0.331. The van der Waals surface area contributed by atoms with Crippen molar-refractivity contribution in [2.45, 2.75) is 13.0 Å². The second kappa shape index (κ2) is 2.08. The molecule has 3 rings (SSSR count). The van der Waals surface area contributed by atoms with Gasteiger partial charge in [0, 0.05) is 11.8 Å². The molecule has 1 N–H and O–H groups in total. The lowest BCUT2D eigenvalue weighted by atomic mass is 9.71. The number of esters is 2. The van der Waals surface area contributed by atoms with E-state index in [0.717, 1.165) is 0 Å². The van der Waals surface area contributed by atoms with Crippen LogP contribution in [0.15, 0.2) is 12.2 Å². The summed E-state index contributed by atoms with van der Waals surface area (Å²) in [5.41, 5.74) is -0.823. The number of ether oxygens (including phenoxy) is 1. The van der Waals surface area contributed by atoms with Gasteiger partial charge in [0.15, 0.2) is 0 Å². The van der Waals surface area contributed by atoms with Gasteiger partial charge in [-0.3, -0.25) is 9.59 Å². The van der Waals surface area contributed by atoms with Crippen LogP contribution in [0.25, 0.3) is 0 Å². The number of hydrogen-bond acceptors (Lipinski definition) is 4. The van der Waals surface area contributed by atoms with Crippen molar-refractivity contribution >= 4 is 11.9 Å². The molecule has 0 spiro atoms. The summed E-state index contributed by atoms with van der Waals surface area (Å²) in [5.74, 6) is -1.92. The first-order chi connectivity index (χ1) is 6.56. The molecule has 3 aliphatic rings. The van der Waals surface area contributed by atoms with Crippen molar-refractivity contribution in [3.63, 3.8) is 0 Å². The Morgan fingerprint density at radius 3 is 2.79 bits per heavy atom. The Kier molecular flexibility index (Phi) is 1.22. The molecule has 2 bridgehead atoms. The number of carbonyl (C=O) groups excluding carboxylic acids is 2. The van der Waals surface area contributed by atoms with E-state index in [9.17, 15) is 14.7 Å². The van der Waals surface area contributed by atoms with Gasteiger partial charge in [-0.25, -0.2) is 0 Å². The summed E-state index contributed by atoms with van der Waals surface area (Å²) in [6.07, 6.45) is 3.05. The predicted octanol–water partition coefficient (Wildman–Crippen LogP) is -0.131. The number of carbonyl (C=O) groups is 2. The van der Waals surface area contributed by atoms with Gasteiger partial charge in [0.25, 0.3) is 0 Å². The molecule has 0 aromatic heterocycles. The Morgan fingerprint density at radius 2 is 2.14 bits per heavy atom. The van der Waals surface area contributed by atoms with E-state index in [1.807, 2.05) is 12.2 Å². The van der Waals surface area contributed by atoms with E-state index in [-0.39, 0.29) is 11.8 Å². The van der Waals surface area contributed by atoms with Gasteiger partial charge in [-0.2, -0.15) is 0 Å². The van der Waals surface area contributed by atoms with Crippen LogP contribution in [0.5, 0.6) is 0 Å². The molecule has 0 radical (unpaired) electrons. The first kappa shape index (κ1) is 8.17. The number of aliphatic hydroxyl groups is 1. The molecular weight excluding hydrogens is 184 g/mol. The van der Waals surface area contributed by atoms with Crippen LogP contribution in [-0.4, -0.2) is 23.1 Å². The zero-order chi connectivity index (χ0) is 10.1. The van der Waals surface area contributed by atoms with Gasteiger partial charge in [0.1, 0.15) is 0 Å². The number of fused-ring (bicyclic) bond motifs is 5. The molecule has 74 valence electrons. The lowest BCUT2D eigenvalue weighted by Gasteiger charge is -2.25. The summed E-state index contributed by atoms with van der Waals surface area (Å²) in [4.78, 5) is 23.0. The van der Waals surface area contributed by atoms with Crippen LogP contribution >= 0.6 is 0 Å². The Hall–Kier alpha value is -1.16. The monoisotopic (exact) mass is 194 g/mol. The minimum Gasteiger partial charge on any atom is -0.392 e. The Morgan fingerprint density at radius 1 is 1.43 bits per heavy atom. The highest BCUT2D eigenvalue weighted by Crippen LogP contribution is 2.59. The van der Waals surface area contributed by atoms with Crippen molar-refractivity contribution < 1.29 is 19.4 Å². The average molecular weight is 194 g/mol. The van der Waals surface area contributed by atoms with Gasteiger partial charge in [0.05, 0.1) is 17.4 Å². The molecule has 0 unspecified atom stereocenters. The normalized spacial score (nSPS) is 53.9. The topological polar surface area (TPSA) is 63.6 Å². The molecular formula is C10H10O4. The van der Waals surface area contributed by atoms with Gasteiger partial charge in [-0.05, 0) is 6.92 Å². The fourth-order valence-electron chi connectivity index (χ4n) is 3.11. The van der Waals surface area contributed by atoms with Crippen LogP contribution < -0.4 is 0 Å². The van der Waals surface area contributed by atoms with Crippen molar-refractivity contribution in [1.29, 1.82) is 0 Å². The van der Waals surface area contributed by atoms with Crippen LogP contribution in [0.4, 0.5) is 0 Å². The van der Waals surface area contributed by atoms with E-state index in [0.29, 0.717) is 0 Å². The van der Waals surface area contributed by atoms with Crippen LogP contribution in [-0.2, 0) is 14.3 Å². The second-order valence-corrected chi connectivity index (χ2v) is 4.45. The number of cyclic esters (lactones) is 2. The molecule has 4 heteroatoms. The van der Waals surface area contributed by atoms with Gasteiger partial charge in [-0.1, -0.05) is 12.2 Å². The van der Waals surface area contributed by atoms with Gasteiger partial charge >= 0.3 is 11.9 Å². The van der Waals surface area contributed by atoms with Crippen LogP contribution in [0, 0.1) is 23.2 Å². The summed E-state index contributed by atoms with van der Waals surface area (Å²) in [5, 5.41) is 9.81. The van der Waals surface area contributed by atoms with E-state index in [2.05, 4.69) is 4.74 Å². The number of hydrogen-bond donors (Lipinski definition) is 1. The molecule has 1 saturated carbocycles. The molecule has 14 heavy (non-hydrogen) atoms. The average Bonchev–Trinajstić information content (AvgIpc) is 2.64. The largest absolute Gasteiger partial charge is 0.392 e. The molecule has 2 aliphatic carbocycles. The van der Waals surface area contributed by atoms with Gasteiger partial charge in [-0.15, -0.1) is 0 Å². The SMILES string of the molecule is C[C@@]12C(=O)OC(=O)[C@@H]1[C@@H]1C=C[C@H]2[C@H]1O. The summed E-state index contributed by atoms with van der Waals surface area (Å²) in [7, 11) is 0. The molecule has 1 aliphatic heterocycles. The fourth-order valence-corrected chi connectivity index (χ4v) is 3.11. The highest BCUT2D eigenvalue weighted by Gasteiger charge is 2.70. The number of aliphatic hydroxyl groups excluding tert-OH is 1. The standard InChI is InChI=1S/C10H10O4/c1-10-5-3-2-4(7(5)11)6(10)8(12)14-9(10)13/h2-7,11H,1H3/t4-,5-,6-,7-,10-/m0/s1. The maximum Gasteiger partial charge on any atom is 0.321 e. The van der Waals surface area contributed by atoms with Crippen LogP contribution in [0.3, 0.4) is 0 Å². The first-order valence-corrected chi connectivity index (χ1v) is 4.69. The maximum absolute atomic E-state index is 11.5.